The molecule has 0 radical (unpaired) electrons. The third-order valence-electron chi connectivity index (χ3n) is 6.25. The highest BCUT2D eigenvalue weighted by atomic mass is 19.1. The van der Waals surface area contributed by atoms with E-state index in [1.807, 2.05) is 10.9 Å². The molecule has 0 aliphatic heterocycles. The second-order valence-electron chi connectivity index (χ2n) is 12.0. The summed E-state index contributed by atoms with van der Waals surface area (Å²) in [4.78, 5) is 31.3. The van der Waals surface area contributed by atoms with Gasteiger partial charge in [-0.05, 0) is 92.2 Å². The van der Waals surface area contributed by atoms with Crippen LogP contribution in [0.2, 0.25) is 0 Å². The molecule has 2 aromatic rings. The molecule has 196 valence electrons. The number of aromatic nitrogens is 3. The van der Waals surface area contributed by atoms with Gasteiger partial charge in [-0.1, -0.05) is 0 Å². The lowest BCUT2D eigenvalue weighted by molar-refractivity contribution is -0.0232. The van der Waals surface area contributed by atoms with Crippen LogP contribution in [-0.4, -0.2) is 49.1 Å². The molecule has 2 heterocycles. The van der Waals surface area contributed by atoms with Crippen LogP contribution in [0.4, 0.5) is 14.0 Å². The molecule has 36 heavy (non-hydrogen) atoms. The van der Waals surface area contributed by atoms with E-state index in [2.05, 4.69) is 4.98 Å². The van der Waals surface area contributed by atoms with Crippen LogP contribution >= 0.6 is 0 Å². The quantitative estimate of drug-likeness (QED) is 0.484. The Kier molecular flexibility index (Phi) is 6.88. The summed E-state index contributed by atoms with van der Waals surface area (Å²) in [7, 11) is 0. The number of halogens is 1. The van der Waals surface area contributed by atoms with Crippen molar-refractivity contribution in [1.82, 2.24) is 19.7 Å². The van der Waals surface area contributed by atoms with Crippen molar-refractivity contribution in [2.45, 2.75) is 104 Å². The van der Waals surface area contributed by atoms with Crippen LogP contribution in [0.5, 0.6) is 0 Å². The predicted octanol–water partition coefficient (Wildman–Crippen LogP) is 6.22. The standard InChI is InChI=1S/C27H37FN4O4/c1-16-21(28)10-11-22(29-16)20-15-31(30-23(20)18-8-9-18)14-17-12-19(13-17)32(24(33)35-26(2,3)4)25(34)36-27(5,6)7/h10-11,15,17-19H,8-9,12-14H2,1-7H3/t17-,19-. The minimum atomic E-state index is -0.724. The molecule has 8 nitrogen and oxygen atoms in total. The van der Waals surface area contributed by atoms with Crippen molar-refractivity contribution in [3.05, 3.63) is 35.5 Å². The Morgan fingerprint density at radius 3 is 2.14 bits per heavy atom. The summed E-state index contributed by atoms with van der Waals surface area (Å²) in [5.41, 5.74) is 1.60. The Labute approximate surface area is 212 Å². The van der Waals surface area contributed by atoms with E-state index in [1.165, 1.54) is 6.07 Å². The third kappa shape index (κ3) is 6.23. The highest BCUT2D eigenvalue weighted by Crippen LogP contribution is 2.44. The average molecular weight is 501 g/mol. The van der Waals surface area contributed by atoms with E-state index in [0.29, 0.717) is 31.0 Å². The number of imide groups is 1. The van der Waals surface area contributed by atoms with Crippen LogP contribution < -0.4 is 0 Å². The Bertz CT molecular complexity index is 1110. The minimum Gasteiger partial charge on any atom is -0.443 e. The number of nitrogens with zero attached hydrogens (tertiary/aromatic N) is 4. The fourth-order valence-electron chi connectivity index (χ4n) is 4.40. The first-order valence-electron chi connectivity index (χ1n) is 12.7. The van der Waals surface area contributed by atoms with Crippen molar-refractivity contribution in [3.8, 4) is 11.3 Å². The van der Waals surface area contributed by atoms with Gasteiger partial charge in [-0.2, -0.15) is 5.10 Å². The van der Waals surface area contributed by atoms with E-state index >= 15 is 0 Å². The van der Waals surface area contributed by atoms with E-state index in [0.717, 1.165) is 34.7 Å². The number of rotatable bonds is 5. The zero-order valence-corrected chi connectivity index (χ0v) is 22.3. The molecule has 2 amide bonds. The number of amides is 2. The van der Waals surface area contributed by atoms with Gasteiger partial charge in [0.05, 0.1) is 17.1 Å². The van der Waals surface area contributed by atoms with E-state index in [-0.39, 0.29) is 17.8 Å². The maximum atomic E-state index is 13.8. The van der Waals surface area contributed by atoms with Crippen LogP contribution in [-0.2, 0) is 16.0 Å². The molecule has 2 aliphatic carbocycles. The molecule has 0 N–H and O–H groups in total. The first kappa shape index (κ1) is 26.1. The molecule has 0 saturated heterocycles. The molecule has 4 rings (SSSR count). The number of hydrogen-bond acceptors (Lipinski definition) is 6. The van der Waals surface area contributed by atoms with Gasteiger partial charge in [0.25, 0.3) is 0 Å². The van der Waals surface area contributed by atoms with Crippen LogP contribution in [0.1, 0.15) is 84.5 Å². The van der Waals surface area contributed by atoms with Crippen LogP contribution in [0.15, 0.2) is 18.3 Å². The van der Waals surface area contributed by atoms with Gasteiger partial charge < -0.3 is 9.47 Å². The summed E-state index contributed by atoms with van der Waals surface area (Å²) in [6, 6.07) is 2.86. The molecule has 2 saturated carbocycles. The minimum absolute atomic E-state index is 0.241. The van der Waals surface area contributed by atoms with Gasteiger partial charge in [0, 0.05) is 30.3 Å². The summed E-state index contributed by atoms with van der Waals surface area (Å²) in [6.07, 6.45) is 4.08. The zero-order chi connectivity index (χ0) is 26.4. The van der Waals surface area contributed by atoms with Crippen molar-refractivity contribution >= 4 is 12.2 Å². The lowest BCUT2D eigenvalue weighted by Crippen LogP contribution is -2.54. The number of ether oxygens (including phenoxy) is 2. The second kappa shape index (κ2) is 9.48. The Hall–Kier alpha value is -2.97. The van der Waals surface area contributed by atoms with Gasteiger partial charge in [0.2, 0.25) is 0 Å². The first-order chi connectivity index (χ1) is 16.7. The SMILES string of the molecule is Cc1nc(-c2cn(C[C@H]3C[C@H](N(C(=O)OC(C)(C)C)C(=O)OC(C)(C)C)C3)nc2C2CC2)ccc1F. The molecular formula is C27H37FN4O4. The number of pyridine rings is 1. The van der Waals surface area contributed by atoms with E-state index < -0.39 is 23.4 Å². The molecular weight excluding hydrogens is 463 g/mol. The topological polar surface area (TPSA) is 86.6 Å². The maximum absolute atomic E-state index is 13.8. The fourth-order valence-corrected chi connectivity index (χ4v) is 4.40. The molecule has 2 fully saturated rings. The van der Waals surface area contributed by atoms with Gasteiger partial charge in [0.1, 0.15) is 17.0 Å². The van der Waals surface area contributed by atoms with Crippen molar-refractivity contribution in [2.24, 2.45) is 5.92 Å². The normalized spacial score (nSPS) is 20.0. The number of carbonyl (C=O) groups excluding carboxylic acids is 2. The molecule has 2 aromatic heterocycles. The molecule has 0 unspecified atom stereocenters. The Morgan fingerprint density at radius 2 is 1.64 bits per heavy atom. The lowest BCUT2D eigenvalue weighted by atomic mass is 9.79. The average Bonchev–Trinajstić information content (AvgIpc) is 3.45. The van der Waals surface area contributed by atoms with E-state index in [1.54, 1.807) is 54.5 Å². The van der Waals surface area contributed by atoms with Gasteiger partial charge in [0.15, 0.2) is 0 Å². The van der Waals surface area contributed by atoms with Crippen LogP contribution in [0, 0.1) is 18.7 Å². The van der Waals surface area contributed by atoms with Crippen molar-refractivity contribution in [1.29, 1.82) is 0 Å². The van der Waals surface area contributed by atoms with Gasteiger partial charge >= 0.3 is 12.2 Å². The molecule has 9 heteroatoms. The van der Waals surface area contributed by atoms with Crippen molar-refractivity contribution in [3.63, 3.8) is 0 Å². The summed E-state index contributed by atoms with van der Waals surface area (Å²) in [5.74, 6) is 0.335. The monoisotopic (exact) mass is 500 g/mol. The second-order valence-corrected chi connectivity index (χ2v) is 12.0. The smallest absolute Gasteiger partial charge is 0.420 e. The van der Waals surface area contributed by atoms with Gasteiger partial charge in [-0.3, -0.25) is 4.68 Å². The van der Waals surface area contributed by atoms with Crippen molar-refractivity contribution < 1.29 is 23.5 Å². The Morgan fingerprint density at radius 1 is 1.06 bits per heavy atom. The Balaban J connectivity index is 1.46. The summed E-state index contributed by atoms with van der Waals surface area (Å²) >= 11 is 0. The van der Waals surface area contributed by atoms with Gasteiger partial charge in [-0.25, -0.2) is 23.9 Å². The highest BCUT2D eigenvalue weighted by Gasteiger charge is 2.43. The summed E-state index contributed by atoms with van der Waals surface area (Å²) in [6.45, 7) is 12.9. The summed E-state index contributed by atoms with van der Waals surface area (Å²) in [5, 5.41) is 4.85. The van der Waals surface area contributed by atoms with Crippen LogP contribution in [0.3, 0.4) is 0 Å². The fraction of sp³-hybridized carbons (Fsp3) is 0.630. The summed E-state index contributed by atoms with van der Waals surface area (Å²) < 4.78 is 26.7. The molecule has 0 atom stereocenters. The third-order valence-corrected chi connectivity index (χ3v) is 6.25. The largest absolute Gasteiger partial charge is 0.443 e. The molecule has 0 bridgehead atoms. The first-order valence-corrected chi connectivity index (χ1v) is 12.7. The lowest BCUT2D eigenvalue weighted by Gasteiger charge is -2.42. The van der Waals surface area contributed by atoms with E-state index in [4.69, 9.17) is 14.6 Å². The van der Waals surface area contributed by atoms with Gasteiger partial charge in [-0.15, -0.1) is 0 Å². The molecule has 0 spiro atoms. The molecule has 0 aromatic carbocycles. The van der Waals surface area contributed by atoms with Crippen molar-refractivity contribution in [2.75, 3.05) is 0 Å². The number of carbonyl (C=O) groups is 2. The zero-order valence-electron chi connectivity index (χ0n) is 22.3. The van der Waals surface area contributed by atoms with E-state index in [9.17, 15) is 14.0 Å². The predicted molar refractivity (Wildman–Crippen MR) is 133 cm³/mol. The van der Waals surface area contributed by atoms with Crippen LogP contribution in [0.25, 0.3) is 11.3 Å². The highest BCUT2D eigenvalue weighted by molar-refractivity contribution is 5.88. The number of aryl methyl sites for hydroxylation is 1. The number of hydrogen-bond donors (Lipinski definition) is 0. The maximum Gasteiger partial charge on any atom is 0.420 e. The molecule has 2 aliphatic rings.